The monoisotopic (exact) mass is 1990 g/mol. The van der Waals surface area contributed by atoms with Crippen LogP contribution in [0.4, 0.5) is 9.59 Å². The van der Waals surface area contributed by atoms with E-state index in [9.17, 15) is 34.8 Å². The van der Waals surface area contributed by atoms with Crippen LogP contribution >= 0.6 is 139 Å². The molecule has 676 valence electrons. The Hall–Kier alpha value is -3.45. The van der Waals surface area contributed by atoms with Crippen LogP contribution in [0.25, 0.3) is 0 Å². The Bertz CT molecular complexity index is 4490. The van der Waals surface area contributed by atoms with E-state index in [-0.39, 0.29) is 71.3 Å². The molecule has 6 aromatic rings. The van der Waals surface area contributed by atoms with Gasteiger partial charge in [-0.1, -0.05) is 106 Å². The maximum absolute atomic E-state index is 12.8. The summed E-state index contributed by atoms with van der Waals surface area (Å²) < 4.78 is 135. The van der Waals surface area contributed by atoms with Crippen molar-refractivity contribution in [1.82, 2.24) is 39.5 Å². The van der Waals surface area contributed by atoms with Crippen molar-refractivity contribution >= 4 is 181 Å². The number of halogens is 12. The van der Waals surface area contributed by atoms with Crippen LogP contribution in [-0.2, 0) is 102 Å². The third kappa shape index (κ3) is 39.2. The summed E-state index contributed by atoms with van der Waals surface area (Å²) in [6.07, 6.45) is -1.41. The van der Waals surface area contributed by atoms with E-state index in [1.807, 2.05) is 89.6 Å². The van der Waals surface area contributed by atoms with Crippen molar-refractivity contribution in [2.24, 2.45) is 5.73 Å². The zero-order valence-corrected chi connectivity index (χ0v) is 78.8. The normalized spacial score (nSPS) is 15.8. The molecule has 3 atom stereocenters. The van der Waals surface area contributed by atoms with Crippen molar-refractivity contribution in [3.05, 3.63) is 189 Å². The minimum atomic E-state index is -3.69. The average molecular weight is 1990 g/mol. The van der Waals surface area contributed by atoms with E-state index >= 15 is 0 Å². The molecule has 0 aromatic heterocycles. The second-order valence-electron chi connectivity index (χ2n) is 27.0. The second-order valence-corrected chi connectivity index (χ2v) is 39.2. The van der Waals surface area contributed by atoms with Crippen molar-refractivity contribution < 1.29 is 86.9 Å². The van der Waals surface area contributed by atoms with Gasteiger partial charge >= 0.3 is 20.1 Å². The molecule has 121 heavy (non-hydrogen) atoms. The number of carbonyl (C=O) groups excluding carboxylic acids is 2. The standard InChI is InChI=1S/C31H46Cl2N4O8S.C24H33Cl2N3O5S.C20H24Cl2N2O3S.C3Cl6O3/c1-3-41-14-15-42-11-8-34-31(38)35-9-12-43-16-18-45-19-17-44-13-10-36-46(39,40)26-6-4-24(5-7-26)28-22-37(2)23-29-27(28)20-25(32)21-30(29)33;1-29-16-22(21-14-19(25)15-24(26)23(21)17-29)18-2-4-20(5-3-18)35(30,31)28-7-9-33-11-13-34-12-10-32-8-6-27;1-3-27-9-8-23-28(25,26)16-6-4-14(5-7-16)18-12-24(2)13-19-17(18)10-15(21)11-20(19)22;4-2(5,6)11-1(10)12-3(7,8)9/h4-7,20-21,28,36H,3,8-19,22-23H2,1-2H3,(H2,34,35,38);2-5,14-15,22,28H,6-13,16-17,27H2,1H3;4-7,10-11,18,23H,3,8-9,12-13H2,1-2H3;/t28-;22-;18-;/m000./s1. The molecule has 7 N–H and O–H groups in total. The number of sulfonamides is 3. The second kappa shape index (κ2) is 54.8. The first-order chi connectivity index (χ1) is 57.4. The van der Waals surface area contributed by atoms with Crippen molar-refractivity contribution in [2.45, 2.75) is 73.9 Å². The zero-order chi connectivity index (χ0) is 88.8. The van der Waals surface area contributed by atoms with Crippen LogP contribution in [0.5, 0.6) is 0 Å². The number of hydrogen-bond donors (Lipinski definition) is 6. The van der Waals surface area contributed by atoms with Crippen molar-refractivity contribution in [3.63, 3.8) is 0 Å². The smallest absolute Gasteiger partial charge is 0.382 e. The Labute approximate surface area is 769 Å². The van der Waals surface area contributed by atoms with Crippen LogP contribution in [-0.4, -0.2) is 259 Å². The first-order valence-corrected chi connectivity index (χ1v) is 47.2. The molecule has 28 nitrogen and oxygen atoms in total. The fraction of sp³-hybridized carbons (Fsp3) is 0.513. The molecular formula is C78H103Cl12N9O19S3. The van der Waals surface area contributed by atoms with Gasteiger partial charge in [-0.25, -0.2) is 49.0 Å². The maximum Gasteiger partial charge on any atom is 0.515 e. The Balaban J connectivity index is 0.000000269. The summed E-state index contributed by atoms with van der Waals surface area (Å²) in [6, 6.07) is 31.7. The summed E-state index contributed by atoms with van der Waals surface area (Å²) in [4.78, 5) is 29.4. The molecule has 6 aromatic carbocycles. The summed E-state index contributed by atoms with van der Waals surface area (Å²) in [5.41, 5.74) is 14.8. The van der Waals surface area contributed by atoms with Crippen LogP contribution < -0.4 is 30.5 Å². The number of ether oxygens (including phenoxy) is 11. The quantitative estimate of drug-likeness (QED) is 0.0118. The van der Waals surface area contributed by atoms with Gasteiger partial charge in [0.1, 0.15) is 0 Å². The number of alkyl halides is 6. The summed E-state index contributed by atoms with van der Waals surface area (Å²) >= 11 is 68.3. The van der Waals surface area contributed by atoms with Crippen molar-refractivity contribution in [2.75, 3.05) is 199 Å². The minimum absolute atomic E-state index is 0.0275. The highest BCUT2D eigenvalue weighted by molar-refractivity contribution is 7.90. The fourth-order valence-corrected chi connectivity index (χ4v) is 17.6. The van der Waals surface area contributed by atoms with Gasteiger partial charge in [0.15, 0.2) is 0 Å². The first-order valence-electron chi connectivity index (χ1n) is 38.2. The van der Waals surface area contributed by atoms with Crippen LogP contribution in [0.3, 0.4) is 0 Å². The zero-order valence-electron chi connectivity index (χ0n) is 67.3. The largest absolute Gasteiger partial charge is 0.515 e. The molecule has 0 saturated carbocycles. The van der Waals surface area contributed by atoms with Gasteiger partial charge in [0, 0.05) is 140 Å². The molecule has 0 saturated heterocycles. The molecule has 3 aliphatic heterocycles. The molecule has 0 radical (unpaired) electrons. The third-order valence-electron chi connectivity index (χ3n) is 17.9. The van der Waals surface area contributed by atoms with Crippen LogP contribution in [0.2, 0.25) is 30.1 Å². The summed E-state index contributed by atoms with van der Waals surface area (Å²) in [5.74, 6) is 0.153. The first kappa shape index (κ1) is 106. The lowest BCUT2D eigenvalue weighted by atomic mass is 9.85. The molecular weight excluding hydrogens is 1890 g/mol. The lowest BCUT2D eigenvalue weighted by molar-refractivity contribution is 0.0165. The van der Waals surface area contributed by atoms with E-state index in [0.29, 0.717) is 155 Å². The number of benzene rings is 6. The molecule has 3 aliphatic rings. The van der Waals surface area contributed by atoms with Gasteiger partial charge < -0.3 is 83.2 Å². The molecule has 0 spiro atoms. The van der Waals surface area contributed by atoms with Crippen LogP contribution in [0.1, 0.15) is 81.7 Å². The molecule has 0 aliphatic carbocycles. The number of nitrogens with two attached hydrogens (primary N) is 1. The Morgan fingerprint density at radius 2 is 0.628 bits per heavy atom. The van der Waals surface area contributed by atoms with E-state index in [0.717, 1.165) is 89.3 Å². The van der Waals surface area contributed by atoms with E-state index in [4.69, 9.17) is 188 Å². The van der Waals surface area contributed by atoms with Crippen LogP contribution in [0.15, 0.2) is 124 Å². The lowest BCUT2D eigenvalue weighted by Crippen LogP contribution is -2.39. The molecule has 43 heteroatoms. The number of amides is 2. The van der Waals surface area contributed by atoms with Gasteiger partial charge in [-0.3, -0.25) is 0 Å². The lowest BCUT2D eigenvalue weighted by Gasteiger charge is -2.33. The number of rotatable bonds is 43. The van der Waals surface area contributed by atoms with E-state index in [1.165, 1.54) is 0 Å². The van der Waals surface area contributed by atoms with Crippen LogP contribution in [0, 0.1) is 0 Å². The van der Waals surface area contributed by atoms with Gasteiger partial charge in [0.2, 0.25) is 30.1 Å². The predicted octanol–water partition coefficient (Wildman–Crippen LogP) is 13.8. The maximum atomic E-state index is 12.8. The molecule has 0 unspecified atom stereocenters. The summed E-state index contributed by atoms with van der Waals surface area (Å²) in [6.45, 7) is 17.7. The van der Waals surface area contributed by atoms with E-state index < -0.39 is 44.2 Å². The number of likely N-dealkylation sites (N-methyl/N-ethyl adjacent to an activating group) is 3. The highest BCUT2D eigenvalue weighted by atomic mass is 35.6. The number of nitrogens with zero attached hydrogens (tertiary/aromatic N) is 3. The third-order valence-corrected chi connectivity index (χ3v) is 24.4. The molecule has 2 amide bonds. The summed E-state index contributed by atoms with van der Waals surface area (Å²) in [5, 5.41) is 9.13. The Morgan fingerprint density at radius 3 is 0.901 bits per heavy atom. The molecule has 0 bridgehead atoms. The number of nitrogens with one attached hydrogen (secondary N) is 5. The number of urea groups is 1. The average Bonchev–Trinajstić information content (AvgIpc) is 0.784. The number of hydrogen-bond acceptors (Lipinski definition) is 23. The van der Waals surface area contributed by atoms with Crippen molar-refractivity contribution in [3.8, 4) is 0 Å². The van der Waals surface area contributed by atoms with Crippen molar-refractivity contribution in [1.29, 1.82) is 0 Å². The van der Waals surface area contributed by atoms with Gasteiger partial charge in [0.25, 0.3) is 0 Å². The Kier molecular flexibility index (Phi) is 48.1. The molecule has 9 rings (SSSR count). The molecule has 0 fully saturated rings. The number of fused-ring (bicyclic) bond motifs is 3. The van der Waals surface area contributed by atoms with Gasteiger partial charge in [-0.2, -0.15) is 0 Å². The Morgan fingerprint density at radius 1 is 0.380 bits per heavy atom. The van der Waals surface area contributed by atoms with Gasteiger partial charge in [-0.15, -0.1) is 0 Å². The topological polar surface area (TPSA) is 334 Å². The predicted molar refractivity (Wildman–Crippen MR) is 476 cm³/mol. The van der Waals surface area contributed by atoms with Gasteiger partial charge in [0.05, 0.1) is 120 Å². The SMILES string of the molecule is CCOCCNS(=O)(=O)c1ccc([C@@H]2CN(C)Cc3c(Cl)cc(Cl)cc32)cc1.CCOCCOCCNC(=O)NCCOCCOCCOCCNS(=O)(=O)c1ccc([C@@H]2CN(C)Cc3c(Cl)cc(Cl)cc32)cc1.CN1Cc2c(Cl)cc(Cl)cc2[C@H](c2ccc(S(=O)(=O)NCCOCCOCCOCCN)cc2)C1.O=C(OC(Cl)(Cl)Cl)OC(Cl)(Cl)Cl. The van der Waals surface area contributed by atoms with Gasteiger partial charge in [-0.05, 0) is 227 Å². The highest BCUT2D eigenvalue weighted by Crippen LogP contribution is 2.42. The highest BCUT2D eigenvalue weighted by Gasteiger charge is 2.34. The molecule has 3 heterocycles. The fourth-order valence-electron chi connectivity index (χ4n) is 12.4. The van der Waals surface area contributed by atoms with E-state index in [1.54, 1.807) is 54.6 Å². The minimum Gasteiger partial charge on any atom is -0.382 e. The van der Waals surface area contributed by atoms with E-state index in [2.05, 4.69) is 49.0 Å². The number of carbonyl (C=O) groups is 2. The summed E-state index contributed by atoms with van der Waals surface area (Å²) in [7, 11) is -4.78.